The summed E-state index contributed by atoms with van der Waals surface area (Å²) in [7, 11) is 0. The second-order valence-electron chi connectivity index (χ2n) is 4.78. The Kier molecular flexibility index (Phi) is 4.02. The third kappa shape index (κ3) is 3.14. The number of carboxylic acids is 1. The summed E-state index contributed by atoms with van der Waals surface area (Å²) < 4.78 is 10.6. The van der Waals surface area contributed by atoms with Crippen LogP contribution >= 0.6 is 0 Å². The van der Waals surface area contributed by atoms with E-state index in [1.807, 2.05) is 20.8 Å². The predicted octanol–water partition coefficient (Wildman–Crippen LogP) is 2.78. The number of ether oxygens (including phenoxy) is 1. The first-order valence-electron chi connectivity index (χ1n) is 6.26. The molecule has 0 amide bonds. The summed E-state index contributed by atoms with van der Waals surface area (Å²) in [5.74, 6) is 0.666. The lowest BCUT2D eigenvalue weighted by atomic mass is 10.1. The third-order valence-corrected chi connectivity index (χ3v) is 2.77. The number of carboxylic acid groups (broad SMARTS) is 1. The molecule has 1 aromatic heterocycles. The molecule has 0 unspecified atom stereocenters. The molecule has 0 aliphatic heterocycles. The summed E-state index contributed by atoms with van der Waals surface area (Å²) in [6.45, 7) is 5.90. The monoisotopic (exact) mass is 276 g/mol. The number of hydrogen-bond acceptors (Lipinski definition) is 5. The minimum Gasteiger partial charge on any atom is -0.485 e. The number of aryl methyl sites for hydroxylation is 1. The average Bonchev–Trinajstić information content (AvgIpc) is 2.86. The molecule has 0 aliphatic carbocycles. The smallest absolute Gasteiger partial charge is 0.335 e. The number of aromatic nitrogens is 2. The number of hydrogen-bond donors (Lipinski definition) is 1. The molecule has 0 spiro atoms. The van der Waals surface area contributed by atoms with Gasteiger partial charge in [0.15, 0.2) is 6.61 Å². The van der Waals surface area contributed by atoms with E-state index in [2.05, 4.69) is 10.1 Å². The highest BCUT2D eigenvalue weighted by Gasteiger charge is 2.12. The minimum absolute atomic E-state index is 0.139. The summed E-state index contributed by atoms with van der Waals surface area (Å²) >= 11 is 0. The van der Waals surface area contributed by atoms with Crippen molar-refractivity contribution >= 4 is 5.97 Å². The first-order valence-corrected chi connectivity index (χ1v) is 6.26. The quantitative estimate of drug-likeness (QED) is 0.903. The number of nitrogens with zero attached hydrogens (tertiary/aromatic N) is 2. The van der Waals surface area contributed by atoms with Gasteiger partial charge in [0.1, 0.15) is 5.75 Å². The Morgan fingerprint density at radius 3 is 2.80 bits per heavy atom. The van der Waals surface area contributed by atoms with Crippen LogP contribution in [0.3, 0.4) is 0 Å². The van der Waals surface area contributed by atoms with Gasteiger partial charge in [0.05, 0.1) is 5.56 Å². The van der Waals surface area contributed by atoms with E-state index in [4.69, 9.17) is 14.4 Å². The normalized spacial score (nSPS) is 10.8. The Morgan fingerprint density at radius 2 is 2.20 bits per heavy atom. The van der Waals surface area contributed by atoms with Crippen molar-refractivity contribution in [3.63, 3.8) is 0 Å². The molecule has 6 nitrogen and oxygen atoms in total. The van der Waals surface area contributed by atoms with Gasteiger partial charge in [0, 0.05) is 5.92 Å². The number of rotatable bonds is 5. The highest BCUT2D eigenvalue weighted by Crippen LogP contribution is 2.21. The first-order chi connectivity index (χ1) is 9.47. The van der Waals surface area contributed by atoms with Crippen molar-refractivity contribution in [2.75, 3.05) is 0 Å². The summed E-state index contributed by atoms with van der Waals surface area (Å²) in [4.78, 5) is 15.1. The maximum Gasteiger partial charge on any atom is 0.335 e. The van der Waals surface area contributed by atoms with Gasteiger partial charge in [-0.2, -0.15) is 4.98 Å². The van der Waals surface area contributed by atoms with E-state index < -0.39 is 5.97 Å². The number of aromatic carboxylic acids is 1. The van der Waals surface area contributed by atoms with E-state index in [0.717, 1.165) is 5.56 Å². The topological polar surface area (TPSA) is 85.5 Å². The summed E-state index contributed by atoms with van der Waals surface area (Å²) in [6, 6.07) is 4.73. The van der Waals surface area contributed by atoms with Gasteiger partial charge in [-0.3, -0.25) is 0 Å². The fraction of sp³-hybridized carbons (Fsp3) is 0.357. The van der Waals surface area contributed by atoms with E-state index in [1.165, 1.54) is 12.1 Å². The summed E-state index contributed by atoms with van der Waals surface area (Å²) in [6.07, 6.45) is 0. The molecule has 6 heteroatoms. The van der Waals surface area contributed by atoms with Gasteiger partial charge < -0.3 is 14.4 Å². The summed E-state index contributed by atoms with van der Waals surface area (Å²) in [5, 5.41) is 12.8. The zero-order chi connectivity index (χ0) is 14.7. The van der Waals surface area contributed by atoms with Gasteiger partial charge in [-0.25, -0.2) is 4.79 Å². The Hall–Kier alpha value is -2.37. The van der Waals surface area contributed by atoms with Crippen LogP contribution in [-0.4, -0.2) is 21.2 Å². The zero-order valence-corrected chi connectivity index (χ0v) is 11.6. The van der Waals surface area contributed by atoms with E-state index >= 15 is 0 Å². The van der Waals surface area contributed by atoms with Gasteiger partial charge in [-0.15, -0.1) is 0 Å². The van der Waals surface area contributed by atoms with Gasteiger partial charge in [-0.05, 0) is 24.6 Å². The molecule has 0 saturated heterocycles. The largest absolute Gasteiger partial charge is 0.485 e. The van der Waals surface area contributed by atoms with Crippen LogP contribution in [0.5, 0.6) is 5.75 Å². The molecule has 2 rings (SSSR count). The summed E-state index contributed by atoms with van der Waals surface area (Å²) in [5.41, 5.74) is 1.03. The van der Waals surface area contributed by atoms with Gasteiger partial charge >= 0.3 is 5.97 Å². The van der Waals surface area contributed by atoms with E-state index in [0.29, 0.717) is 17.5 Å². The standard InChI is InChI=1S/C14H16N2O4/c1-8(2)13-15-12(16-20-13)7-19-11-6-10(14(17)18)5-4-9(11)3/h4-6,8H,7H2,1-3H3,(H,17,18). The van der Waals surface area contributed by atoms with Crippen LogP contribution in [0.4, 0.5) is 0 Å². The molecule has 0 aliphatic rings. The van der Waals surface area contributed by atoms with Crippen LogP contribution < -0.4 is 4.74 Å². The Balaban J connectivity index is 2.09. The maximum absolute atomic E-state index is 10.9. The molecule has 1 aromatic carbocycles. The third-order valence-electron chi connectivity index (χ3n) is 2.77. The lowest BCUT2D eigenvalue weighted by molar-refractivity contribution is 0.0696. The van der Waals surface area contributed by atoms with Gasteiger partial charge in [0.25, 0.3) is 0 Å². The first kappa shape index (κ1) is 14.0. The van der Waals surface area contributed by atoms with E-state index in [-0.39, 0.29) is 18.1 Å². The van der Waals surface area contributed by atoms with Crippen LogP contribution in [0.25, 0.3) is 0 Å². The van der Waals surface area contributed by atoms with Crippen LogP contribution in [0.15, 0.2) is 22.7 Å². The second kappa shape index (κ2) is 5.73. The SMILES string of the molecule is Cc1ccc(C(=O)O)cc1OCc1noc(C(C)C)n1. The second-order valence-corrected chi connectivity index (χ2v) is 4.78. The number of benzene rings is 1. The fourth-order valence-corrected chi connectivity index (χ4v) is 1.59. The zero-order valence-electron chi connectivity index (χ0n) is 11.6. The van der Waals surface area contributed by atoms with Crippen molar-refractivity contribution in [1.82, 2.24) is 10.1 Å². The molecular weight excluding hydrogens is 260 g/mol. The molecule has 0 atom stereocenters. The molecule has 0 radical (unpaired) electrons. The van der Waals surface area contributed by atoms with Crippen LogP contribution in [0, 0.1) is 6.92 Å². The van der Waals surface area contributed by atoms with Gasteiger partial charge in [0.2, 0.25) is 11.7 Å². The molecule has 0 saturated carbocycles. The highest BCUT2D eigenvalue weighted by molar-refractivity contribution is 5.88. The fourth-order valence-electron chi connectivity index (χ4n) is 1.59. The molecular formula is C14H16N2O4. The Bertz CT molecular complexity index is 619. The van der Waals surface area contributed by atoms with Crippen LogP contribution in [-0.2, 0) is 6.61 Å². The van der Waals surface area contributed by atoms with Crippen LogP contribution in [0.1, 0.15) is 47.4 Å². The lowest BCUT2D eigenvalue weighted by Crippen LogP contribution is -2.02. The van der Waals surface area contributed by atoms with Crippen molar-refractivity contribution < 1.29 is 19.2 Å². The van der Waals surface area contributed by atoms with Crippen molar-refractivity contribution in [1.29, 1.82) is 0 Å². The Labute approximate surface area is 116 Å². The van der Waals surface area contributed by atoms with Crippen LogP contribution in [0.2, 0.25) is 0 Å². The molecule has 1 heterocycles. The van der Waals surface area contributed by atoms with E-state index in [9.17, 15) is 4.79 Å². The molecule has 1 N–H and O–H groups in total. The molecule has 2 aromatic rings. The highest BCUT2D eigenvalue weighted by atomic mass is 16.5. The molecule has 106 valence electrons. The van der Waals surface area contributed by atoms with Crippen molar-refractivity contribution in [3.05, 3.63) is 41.0 Å². The molecule has 0 fully saturated rings. The van der Waals surface area contributed by atoms with Crippen molar-refractivity contribution in [3.8, 4) is 5.75 Å². The lowest BCUT2D eigenvalue weighted by Gasteiger charge is -2.07. The van der Waals surface area contributed by atoms with Gasteiger partial charge in [-0.1, -0.05) is 25.1 Å². The number of carbonyl (C=O) groups is 1. The molecule has 20 heavy (non-hydrogen) atoms. The molecule has 0 bridgehead atoms. The van der Waals surface area contributed by atoms with Crippen molar-refractivity contribution in [2.45, 2.75) is 33.3 Å². The predicted molar refractivity (Wildman–Crippen MR) is 70.9 cm³/mol. The Morgan fingerprint density at radius 1 is 1.45 bits per heavy atom. The van der Waals surface area contributed by atoms with E-state index in [1.54, 1.807) is 6.07 Å². The maximum atomic E-state index is 10.9. The minimum atomic E-state index is -0.989. The van der Waals surface area contributed by atoms with Crippen molar-refractivity contribution in [2.24, 2.45) is 0 Å². The average molecular weight is 276 g/mol.